The number of aliphatic carboxylic acids is 1. The van der Waals surface area contributed by atoms with Gasteiger partial charge in [-0.05, 0) is 29.7 Å². The van der Waals surface area contributed by atoms with E-state index in [1.807, 2.05) is 0 Å². The van der Waals surface area contributed by atoms with Crippen molar-refractivity contribution < 1.29 is 14.6 Å². The van der Waals surface area contributed by atoms with Crippen LogP contribution in [0.5, 0.6) is 0 Å². The molecular weight excluding hydrogens is 244 g/mol. The van der Waals surface area contributed by atoms with Crippen LogP contribution < -0.4 is 0 Å². The average Bonchev–Trinajstić information content (AvgIpc) is 2.74. The van der Waals surface area contributed by atoms with Crippen molar-refractivity contribution in [2.75, 3.05) is 12.4 Å². The number of hydrogen-bond acceptors (Lipinski definition) is 6. The first-order chi connectivity index (χ1) is 8.25. The fourth-order valence-corrected chi connectivity index (χ4v) is 2.58. The fourth-order valence-electron chi connectivity index (χ4n) is 1.63. The summed E-state index contributed by atoms with van der Waals surface area (Å²) in [6.07, 6.45) is 3.58. The number of aromatic nitrogens is 4. The number of hydrogen-bond donors (Lipinski definition) is 1. The molecular formula is C9H14N4O3S. The fraction of sp³-hybridized carbons (Fsp3) is 0.778. The van der Waals surface area contributed by atoms with Gasteiger partial charge < -0.3 is 9.84 Å². The first-order valence-electron chi connectivity index (χ1n) is 5.48. The molecule has 0 radical (unpaired) electrons. The van der Waals surface area contributed by atoms with Gasteiger partial charge in [0.1, 0.15) is 6.54 Å². The van der Waals surface area contributed by atoms with Crippen LogP contribution in [-0.4, -0.2) is 49.7 Å². The number of carbonyl (C=O) groups is 1. The van der Waals surface area contributed by atoms with Crippen molar-refractivity contribution in [1.29, 1.82) is 0 Å². The molecule has 1 aliphatic rings. The topological polar surface area (TPSA) is 90.1 Å². The maximum absolute atomic E-state index is 10.6. The molecule has 0 aliphatic carbocycles. The van der Waals surface area contributed by atoms with Gasteiger partial charge in [-0.2, -0.15) is 0 Å². The number of carboxylic acid groups (broad SMARTS) is 1. The third kappa shape index (κ3) is 3.67. The number of ether oxygens (including phenoxy) is 1. The monoisotopic (exact) mass is 258 g/mol. The summed E-state index contributed by atoms with van der Waals surface area (Å²) < 4.78 is 6.87. The lowest BCUT2D eigenvalue weighted by Gasteiger charge is -2.21. The number of thioether (sulfide) groups is 1. The summed E-state index contributed by atoms with van der Waals surface area (Å²) in [4.78, 5) is 10.6. The van der Waals surface area contributed by atoms with Crippen LogP contribution in [0.3, 0.4) is 0 Å². The third-order valence-electron chi connectivity index (χ3n) is 2.46. The van der Waals surface area contributed by atoms with Gasteiger partial charge in [0.15, 0.2) is 0 Å². The highest BCUT2D eigenvalue weighted by Crippen LogP contribution is 2.21. The van der Waals surface area contributed by atoms with Crippen LogP contribution in [0.1, 0.15) is 19.3 Å². The minimum absolute atomic E-state index is 0.207. The van der Waals surface area contributed by atoms with Gasteiger partial charge in [0, 0.05) is 12.4 Å². The first-order valence-corrected chi connectivity index (χ1v) is 6.46. The molecule has 2 heterocycles. The Bertz CT molecular complexity index is 378. The summed E-state index contributed by atoms with van der Waals surface area (Å²) in [5.41, 5.74) is 0. The first kappa shape index (κ1) is 12.3. The molecule has 1 aliphatic heterocycles. The molecule has 0 spiro atoms. The van der Waals surface area contributed by atoms with E-state index in [0.717, 1.165) is 25.2 Å². The van der Waals surface area contributed by atoms with Crippen molar-refractivity contribution >= 4 is 17.7 Å². The van der Waals surface area contributed by atoms with Gasteiger partial charge in [0.25, 0.3) is 0 Å². The number of nitrogens with zero attached hydrogens (tertiary/aromatic N) is 4. The van der Waals surface area contributed by atoms with Crippen molar-refractivity contribution in [1.82, 2.24) is 20.2 Å². The second-order valence-electron chi connectivity index (χ2n) is 3.81. The number of rotatable bonds is 5. The lowest BCUT2D eigenvalue weighted by molar-refractivity contribution is -0.138. The normalized spacial score (nSPS) is 20.4. The molecule has 0 aromatic carbocycles. The SMILES string of the molecule is O=C(O)Cn1nnnc1SCC1CCCCO1. The molecule has 94 valence electrons. The van der Waals surface area contributed by atoms with Crippen molar-refractivity contribution in [3.8, 4) is 0 Å². The van der Waals surface area contributed by atoms with Crippen LogP contribution in [0.15, 0.2) is 5.16 Å². The van der Waals surface area contributed by atoms with E-state index in [1.165, 1.54) is 22.9 Å². The molecule has 0 bridgehead atoms. The third-order valence-corrected chi connectivity index (χ3v) is 3.55. The van der Waals surface area contributed by atoms with Gasteiger partial charge in [-0.15, -0.1) is 5.10 Å². The molecule has 0 amide bonds. The summed E-state index contributed by atoms with van der Waals surface area (Å²) in [6.45, 7) is 0.603. The molecule has 8 heteroatoms. The Labute approximate surface area is 103 Å². The Morgan fingerprint density at radius 1 is 1.59 bits per heavy atom. The van der Waals surface area contributed by atoms with Crippen molar-refractivity contribution in [2.45, 2.75) is 37.1 Å². The van der Waals surface area contributed by atoms with Crippen LogP contribution in [0.2, 0.25) is 0 Å². The zero-order valence-electron chi connectivity index (χ0n) is 9.28. The van der Waals surface area contributed by atoms with E-state index in [4.69, 9.17) is 9.84 Å². The molecule has 1 N–H and O–H groups in total. The molecule has 1 fully saturated rings. The second-order valence-corrected chi connectivity index (χ2v) is 4.80. The van der Waals surface area contributed by atoms with Crippen LogP contribution in [0.4, 0.5) is 0 Å². The molecule has 0 saturated carbocycles. The summed E-state index contributed by atoms with van der Waals surface area (Å²) in [5, 5.41) is 20.1. The molecule has 17 heavy (non-hydrogen) atoms. The second kappa shape index (κ2) is 5.97. The molecule has 1 aromatic heterocycles. The number of carboxylic acids is 1. The van der Waals surface area contributed by atoms with E-state index < -0.39 is 5.97 Å². The van der Waals surface area contributed by atoms with E-state index in [1.54, 1.807) is 0 Å². The molecule has 1 unspecified atom stereocenters. The maximum atomic E-state index is 10.6. The Morgan fingerprint density at radius 2 is 2.47 bits per heavy atom. The zero-order chi connectivity index (χ0) is 12.1. The van der Waals surface area contributed by atoms with Gasteiger partial charge >= 0.3 is 5.97 Å². The maximum Gasteiger partial charge on any atom is 0.325 e. The van der Waals surface area contributed by atoms with Crippen molar-refractivity contribution in [3.05, 3.63) is 0 Å². The molecule has 1 atom stereocenters. The van der Waals surface area contributed by atoms with E-state index in [0.29, 0.717) is 5.16 Å². The zero-order valence-corrected chi connectivity index (χ0v) is 10.1. The lowest BCUT2D eigenvalue weighted by atomic mass is 10.1. The van der Waals surface area contributed by atoms with Crippen LogP contribution in [0.25, 0.3) is 0 Å². The van der Waals surface area contributed by atoms with Gasteiger partial charge in [-0.1, -0.05) is 11.8 Å². The van der Waals surface area contributed by atoms with Gasteiger partial charge in [-0.25, -0.2) is 4.68 Å². The largest absolute Gasteiger partial charge is 0.480 e. The Balaban J connectivity index is 1.85. The standard InChI is InChI=1S/C9H14N4O3S/c14-8(15)5-13-9(10-11-12-13)17-6-7-3-1-2-4-16-7/h7H,1-6H2,(H,14,15). The van der Waals surface area contributed by atoms with E-state index >= 15 is 0 Å². The summed E-state index contributed by atoms with van der Waals surface area (Å²) in [7, 11) is 0. The van der Waals surface area contributed by atoms with Crippen LogP contribution in [-0.2, 0) is 16.1 Å². The summed E-state index contributed by atoms with van der Waals surface area (Å²) in [5.74, 6) is -0.187. The molecule has 2 rings (SSSR count). The Kier molecular flexibility index (Phi) is 4.32. The minimum atomic E-state index is -0.951. The van der Waals surface area contributed by atoms with Crippen molar-refractivity contribution in [2.24, 2.45) is 0 Å². The minimum Gasteiger partial charge on any atom is -0.480 e. The van der Waals surface area contributed by atoms with Crippen molar-refractivity contribution in [3.63, 3.8) is 0 Å². The predicted octanol–water partition coefficient (Wildman–Crippen LogP) is 0.419. The van der Waals surface area contributed by atoms with Gasteiger partial charge in [0.05, 0.1) is 6.10 Å². The quantitative estimate of drug-likeness (QED) is 0.765. The van der Waals surface area contributed by atoms with Gasteiger partial charge in [0.2, 0.25) is 5.16 Å². The summed E-state index contributed by atoms with van der Waals surface area (Å²) >= 11 is 1.44. The van der Waals surface area contributed by atoms with E-state index in [-0.39, 0.29) is 12.6 Å². The van der Waals surface area contributed by atoms with E-state index in [2.05, 4.69) is 15.5 Å². The van der Waals surface area contributed by atoms with Crippen LogP contribution >= 0.6 is 11.8 Å². The highest BCUT2D eigenvalue weighted by molar-refractivity contribution is 7.99. The van der Waals surface area contributed by atoms with Gasteiger partial charge in [-0.3, -0.25) is 4.79 Å². The Hall–Kier alpha value is -1.15. The van der Waals surface area contributed by atoms with E-state index in [9.17, 15) is 4.79 Å². The molecule has 1 aromatic rings. The molecule has 1 saturated heterocycles. The highest BCUT2D eigenvalue weighted by atomic mass is 32.2. The number of tetrazole rings is 1. The predicted molar refractivity (Wildman–Crippen MR) is 59.8 cm³/mol. The van der Waals surface area contributed by atoms with Crippen LogP contribution in [0, 0.1) is 0 Å². The summed E-state index contributed by atoms with van der Waals surface area (Å²) in [6, 6.07) is 0. The lowest BCUT2D eigenvalue weighted by Crippen LogP contribution is -2.21. The smallest absolute Gasteiger partial charge is 0.325 e. The molecule has 7 nitrogen and oxygen atoms in total. The average molecular weight is 258 g/mol. The highest BCUT2D eigenvalue weighted by Gasteiger charge is 2.16. The Morgan fingerprint density at radius 3 is 3.18 bits per heavy atom.